The minimum Gasteiger partial charge on any atom is -0.354 e. The molecule has 0 saturated carbocycles. The molecule has 7 nitrogen and oxygen atoms in total. The van der Waals surface area contributed by atoms with Crippen molar-refractivity contribution in [3.63, 3.8) is 0 Å². The molecule has 1 aliphatic rings. The topological polar surface area (TPSA) is 88.1 Å². The normalized spacial score (nSPS) is 19.8. The van der Waals surface area contributed by atoms with Gasteiger partial charge in [0.15, 0.2) is 15.7 Å². The Morgan fingerprint density at radius 3 is 2.73 bits per heavy atom. The molecule has 2 heterocycles. The van der Waals surface area contributed by atoms with E-state index in [1.165, 1.54) is 0 Å². The quantitative estimate of drug-likeness (QED) is 0.907. The van der Waals surface area contributed by atoms with Gasteiger partial charge in [-0.15, -0.1) is 5.10 Å². The molecule has 1 fully saturated rings. The van der Waals surface area contributed by atoms with Crippen molar-refractivity contribution < 1.29 is 8.42 Å². The number of hydrogen-bond donors (Lipinski definition) is 1. The average molecular weight is 319 g/mol. The van der Waals surface area contributed by atoms with Crippen molar-refractivity contribution in [2.24, 2.45) is 0 Å². The summed E-state index contributed by atoms with van der Waals surface area (Å²) in [5.74, 6) is 1.39. The van der Waals surface area contributed by atoms with Crippen LogP contribution in [0.4, 0.5) is 17.5 Å². The zero-order chi connectivity index (χ0) is 15.6. The lowest BCUT2D eigenvalue weighted by atomic mass is 10.2. The summed E-state index contributed by atoms with van der Waals surface area (Å²) in [5.41, 5.74) is 0.868. The molecule has 1 atom stereocenters. The Balaban J connectivity index is 1.76. The summed E-state index contributed by atoms with van der Waals surface area (Å²) in [6.07, 6.45) is 2.16. The highest BCUT2D eigenvalue weighted by molar-refractivity contribution is 7.91. The summed E-state index contributed by atoms with van der Waals surface area (Å²) in [6.45, 7) is 0. The van der Waals surface area contributed by atoms with Crippen molar-refractivity contribution in [1.82, 2.24) is 15.2 Å². The van der Waals surface area contributed by atoms with E-state index in [2.05, 4.69) is 20.5 Å². The molecule has 0 radical (unpaired) electrons. The average Bonchev–Trinajstić information content (AvgIpc) is 2.88. The lowest BCUT2D eigenvalue weighted by Crippen LogP contribution is -2.33. The molecule has 2 aromatic rings. The Bertz CT molecular complexity index is 751. The smallest absolute Gasteiger partial charge is 0.249 e. The number of aromatic nitrogens is 3. The molecule has 22 heavy (non-hydrogen) atoms. The van der Waals surface area contributed by atoms with E-state index in [0.717, 1.165) is 5.69 Å². The third-order valence-corrected chi connectivity index (χ3v) is 5.44. The first-order valence-electron chi connectivity index (χ1n) is 6.98. The lowest BCUT2D eigenvalue weighted by Gasteiger charge is -2.24. The number of sulfone groups is 1. The lowest BCUT2D eigenvalue weighted by molar-refractivity contribution is 0.600. The highest BCUT2D eigenvalue weighted by atomic mass is 32.2. The molecular formula is C14H17N5O2S. The molecule has 8 heteroatoms. The Morgan fingerprint density at radius 2 is 2.05 bits per heavy atom. The molecule has 1 aliphatic heterocycles. The van der Waals surface area contributed by atoms with E-state index < -0.39 is 9.84 Å². The fourth-order valence-corrected chi connectivity index (χ4v) is 4.21. The number of anilines is 3. The molecule has 1 unspecified atom stereocenters. The van der Waals surface area contributed by atoms with Crippen LogP contribution in [0.1, 0.15) is 6.42 Å². The number of nitrogens with zero attached hydrogens (tertiary/aromatic N) is 4. The predicted molar refractivity (Wildman–Crippen MR) is 85.0 cm³/mol. The largest absolute Gasteiger partial charge is 0.354 e. The van der Waals surface area contributed by atoms with E-state index >= 15 is 0 Å². The van der Waals surface area contributed by atoms with Crippen LogP contribution in [-0.2, 0) is 9.84 Å². The summed E-state index contributed by atoms with van der Waals surface area (Å²) >= 11 is 0. The fourth-order valence-electron chi connectivity index (χ4n) is 2.44. The highest BCUT2D eigenvalue weighted by Crippen LogP contribution is 2.21. The summed E-state index contributed by atoms with van der Waals surface area (Å²) < 4.78 is 23.2. The van der Waals surface area contributed by atoms with E-state index in [1.54, 1.807) is 6.20 Å². The Morgan fingerprint density at radius 1 is 1.27 bits per heavy atom. The number of para-hydroxylation sites is 1. The summed E-state index contributed by atoms with van der Waals surface area (Å²) in [5, 5.41) is 11.0. The fraction of sp³-hybridized carbons (Fsp3) is 0.357. The van der Waals surface area contributed by atoms with Gasteiger partial charge < -0.3 is 10.2 Å². The van der Waals surface area contributed by atoms with Crippen LogP contribution >= 0.6 is 0 Å². The second kappa shape index (κ2) is 5.88. The van der Waals surface area contributed by atoms with E-state index in [-0.39, 0.29) is 17.5 Å². The monoisotopic (exact) mass is 319 g/mol. The van der Waals surface area contributed by atoms with Gasteiger partial charge in [0.1, 0.15) is 0 Å². The van der Waals surface area contributed by atoms with Crippen LogP contribution in [0.5, 0.6) is 0 Å². The van der Waals surface area contributed by atoms with Crippen molar-refractivity contribution in [3.05, 3.63) is 36.5 Å². The van der Waals surface area contributed by atoms with Crippen molar-refractivity contribution >= 4 is 27.3 Å². The van der Waals surface area contributed by atoms with Crippen molar-refractivity contribution in [1.29, 1.82) is 0 Å². The zero-order valence-electron chi connectivity index (χ0n) is 12.2. The Labute approximate surface area is 129 Å². The summed E-state index contributed by atoms with van der Waals surface area (Å²) in [7, 11) is -1.09. The van der Waals surface area contributed by atoms with Crippen LogP contribution < -0.4 is 10.2 Å². The molecule has 0 spiro atoms. The summed E-state index contributed by atoms with van der Waals surface area (Å²) in [6, 6.07) is 9.50. The van der Waals surface area contributed by atoms with Crippen molar-refractivity contribution in [3.8, 4) is 0 Å². The van der Waals surface area contributed by atoms with E-state index in [9.17, 15) is 8.42 Å². The molecule has 1 aromatic carbocycles. The van der Waals surface area contributed by atoms with Gasteiger partial charge in [-0.1, -0.05) is 18.2 Å². The van der Waals surface area contributed by atoms with E-state index in [1.807, 2.05) is 42.3 Å². The van der Waals surface area contributed by atoms with Gasteiger partial charge in [0.25, 0.3) is 0 Å². The first kappa shape index (κ1) is 14.7. The van der Waals surface area contributed by atoms with Gasteiger partial charge in [0.05, 0.1) is 17.7 Å². The number of hydrogen-bond acceptors (Lipinski definition) is 7. The van der Waals surface area contributed by atoms with E-state index in [4.69, 9.17) is 0 Å². The van der Waals surface area contributed by atoms with Gasteiger partial charge in [0.2, 0.25) is 5.95 Å². The molecule has 1 aromatic heterocycles. The van der Waals surface area contributed by atoms with Gasteiger partial charge in [-0.05, 0) is 18.6 Å². The van der Waals surface area contributed by atoms with Crippen LogP contribution in [0, 0.1) is 0 Å². The SMILES string of the molecule is CN(c1cnnc(Nc2ccccc2)n1)C1CCS(=O)(=O)C1. The van der Waals surface area contributed by atoms with Gasteiger partial charge in [-0.25, -0.2) is 8.42 Å². The maximum absolute atomic E-state index is 11.6. The van der Waals surface area contributed by atoms with Gasteiger partial charge >= 0.3 is 0 Å². The third kappa shape index (κ3) is 3.33. The second-order valence-corrected chi connectivity index (χ2v) is 7.53. The molecule has 0 aliphatic carbocycles. The number of benzene rings is 1. The Hall–Kier alpha value is -2.22. The van der Waals surface area contributed by atoms with E-state index in [0.29, 0.717) is 18.2 Å². The molecule has 1 saturated heterocycles. The number of rotatable bonds is 4. The molecular weight excluding hydrogens is 302 g/mol. The highest BCUT2D eigenvalue weighted by Gasteiger charge is 2.31. The number of nitrogens with one attached hydrogen (secondary N) is 1. The van der Waals surface area contributed by atoms with Crippen LogP contribution in [0.3, 0.4) is 0 Å². The first-order chi connectivity index (χ1) is 10.5. The standard InChI is InChI=1S/C14H17N5O2S/c1-19(12-7-8-22(20,21)10-12)13-9-15-18-14(17-13)16-11-5-3-2-4-6-11/h2-6,9,12H,7-8,10H2,1H3,(H,16,17,18). The van der Waals surface area contributed by atoms with Crippen molar-refractivity contribution in [2.45, 2.75) is 12.5 Å². The molecule has 1 N–H and O–H groups in total. The molecule has 116 valence electrons. The Kier molecular flexibility index (Phi) is 3.93. The van der Waals surface area contributed by atoms with Crippen LogP contribution in [0.25, 0.3) is 0 Å². The molecule has 0 amide bonds. The first-order valence-corrected chi connectivity index (χ1v) is 8.81. The minimum atomic E-state index is -2.93. The predicted octanol–water partition coefficient (Wildman–Crippen LogP) is 1.24. The van der Waals surface area contributed by atoms with Crippen LogP contribution in [0.2, 0.25) is 0 Å². The van der Waals surface area contributed by atoms with Gasteiger partial charge in [-0.2, -0.15) is 10.1 Å². The third-order valence-electron chi connectivity index (χ3n) is 3.69. The maximum Gasteiger partial charge on any atom is 0.249 e. The maximum atomic E-state index is 11.6. The van der Waals surface area contributed by atoms with Gasteiger partial charge in [-0.3, -0.25) is 0 Å². The van der Waals surface area contributed by atoms with Gasteiger partial charge in [0, 0.05) is 18.8 Å². The molecule has 3 rings (SSSR count). The summed E-state index contributed by atoms with van der Waals surface area (Å²) in [4.78, 5) is 6.26. The second-order valence-electron chi connectivity index (χ2n) is 5.30. The van der Waals surface area contributed by atoms with Crippen molar-refractivity contribution in [2.75, 3.05) is 28.8 Å². The van der Waals surface area contributed by atoms with Crippen LogP contribution in [-0.4, -0.2) is 48.2 Å². The molecule has 0 bridgehead atoms. The minimum absolute atomic E-state index is 0.0636. The van der Waals surface area contributed by atoms with Crippen LogP contribution in [0.15, 0.2) is 36.5 Å². The zero-order valence-corrected chi connectivity index (χ0v) is 13.0.